The summed E-state index contributed by atoms with van der Waals surface area (Å²) in [6.45, 7) is 0. The predicted molar refractivity (Wildman–Crippen MR) is 91.5 cm³/mol. The lowest BCUT2D eigenvalue weighted by Gasteiger charge is -2.09. The lowest BCUT2D eigenvalue weighted by Crippen LogP contribution is -2.29. The first kappa shape index (κ1) is 17.8. The van der Waals surface area contributed by atoms with Gasteiger partial charge in [0, 0.05) is 10.7 Å². The van der Waals surface area contributed by atoms with E-state index in [1.807, 2.05) is 0 Å². The van der Waals surface area contributed by atoms with Crippen molar-refractivity contribution in [3.05, 3.63) is 58.1 Å². The van der Waals surface area contributed by atoms with Gasteiger partial charge >= 0.3 is 17.8 Å². The average molecular weight is 367 g/mol. The Morgan fingerprint density at radius 3 is 2.38 bits per heavy atom. The van der Waals surface area contributed by atoms with Crippen LogP contribution in [0.15, 0.2) is 42.5 Å². The third-order valence-corrected chi connectivity index (χ3v) is 3.49. The molecule has 0 aromatic heterocycles. The predicted octanol–water partition coefficient (Wildman–Crippen LogP) is 3.36. The second-order valence-corrected chi connectivity index (χ2v) is 5.45. The highest BCUT2D eigenvalue weighted by atomic mass is 35.5. The number of halogens is 2. The van der Waals surface area contributed by atoms with Crippen LogP contribution in [-0.4, -0.2) is 24.9 Å². The van der Waals surface area contributed by atoms with Gasteiger partial charge in [-0.05, 0) is 36.4 Å². The van der Waals surface area contributed by atoms with Crippen molar-refractivity contribution >= 4 is 52.4 Å². The molecule has 0 unspecified atom stereocenters. The number of nitrogens with one attached hydrogen (secondary N) is 2. The lowest BCUT2D eigenvalue weighted by molar-refractivity contribution is -0.132. The van der Waals surface area contributed by atoms with E-state index >= 15 is 0 Å². The van der Waals surface area contributed by atoms with Crippen LogP contribution in [0.3, 0.4) is 0 Å². The minimum atomic E-state index is -0.928. The molecule has 8 heteroatoms. The Labute approximate surface area is 147 Å². The van der Waals surface area contributed by atoms with Crippen LogP contribution in [0.1, 0.15) is 10.4 Å². The molecule has 2 aromatic rings. The van der Waals surface area contributed by atoms with Gasteiger partial charge in [-0.15, -0.1) is 0 Å². The van der Waals surface area contributed by atoms with Crippen molar-refractivity contribution in [2.24, 2.45) is 0 Å². The highest BCUT2D eigenvalue weighted by Gasteiger charge is 2.16. The van der Waals surface area contributed by atoms with E-state index < -0.39 is 17.8 Å². The van der Waals surface area contributed by atoms with Gasteiger partial charge in [-0.2, -0.15) is 0 Å². The van der Waals surface area contributed by atoms with Crippen LogP contribution in [-0.2, 0) is 14.3 Å². The molecule has 0 aliphatic heterocycles. The minimum Gasteiger partial charge on any atom is -0.465 e. The van der Waals surface area contributed by atoms with Gasteiger partial charge in [0.05, 0.1) is 23.4 Å². The maximum Gasteiger partial charge on any atom is 0.337 e. The lowest BCUT2D eigenvalue weighted by atomic mass is 10.2. The van der Waals surface area contributed by atoms with Crippen molar-refractivity contribution in [2.45, 2.75) is 0 Å². The van der Waals surface area contributed by atoms with Crippen LogP contribution < -0.4 is 10.6 Å². The summed E-state index contributed by atoms with van der Waals surface area (Å²) in [6.07, 6.45) is 0. The second kappa shape index (κ2) is 7.81. The molecule has 0 saturated carbocycles. The Morgan fingerprint density at radius 2 is 1.67 bits per heavy atom. The molecule has 0 spiro atoms. The zero-order valence-electron chi connectivity index (χ0n) is 12.4. The van der Waals surface area contributed by atoms with E-state index in [2.05, 4.69) is 15.4 Å². The number of rotatable bonds is 3. The van der Waals surface area contributed by atoms with Crippen LogP contribution >= 0.6 is 23.2 Å². The Bertz CT molecular complexity index is 808. The Kier molecular flexibility index (Phi) is 5.78. The summed E-state index contributed by atoms with van der Waals surface area (Å²) in [4.78, 5) is 35.3. The molecule has 0 saturated heterocycles. The molecular weight excluding hydrogens is 355 g/mol. The molecule has 0 fully saturated rings. The van der Waals surface area contributed by atoms with Crippen LogP contribution in [0.2, 0.25) is 10.0 Å². The first-order valence-corrected chi connectivity index (χ1v) is 7.42. The summed E-state index contributed by atoms with van der Waals surface area (Å²) in [5.74, 6) is -2.41. The topological polar surface area (TPSA) is 84.5 Å². The highest BCUT2D eigenvalue weighted by molar-refractivity contribution is 6.45. The molecule has 2 amide bonds. The normalized spacial score (nSPS) is 9.96. The smallest absolute Gasteiger partial charge is 0.337 e. The van der Waals surface area contributed by atoms with Gasteiger partial charge < -0.3 is 15.4 Å². The van der Waals surface area contributed by atoms with E-state index in [0.717, 1.165) is 0 Å². The van der Waals surface area contributed by atoms with E-state index in [1.165, 1.54) is 37.4 Å². The Morgan fingerprint density at radius 1 is 0.958 bits per heavy atom. The fourth-order valence-corrected chi connectivity index (χ4v) is 2.14. The zero-order valence-corrected chi connectivity index (χ0v) is 13.9. The third kappa shape index (κ3) is 4.47. The summed E-state index contributed by atoms with van der Waals surface area (Å²) in [6, 6.07) is 10.5. The van der Waals surface area contributed by atoms with E-state index in [-0.39, 0.29) is 22.0 Å². The van der Waals surface area contributed by atoms with E-state index in [4.69, 9.17) is 23.2 Å². The fourth-order valence-electron chi connectivity index (χ4n) is 1.80. The van der Waals surface area contributed by atoms with Crippen LogP contribution in [0.4, 0.5) is 11.4 Å². The summed E-state index contributed by atoms with van der Waals surface area (Å²) in [7, 11) is 1.25. The van der Waals surface area contributed by atoms with Crippen LogP contribution in [0.5, 0.6) is 0 Å². The van der Waals surface area contributed by atoms with E-state index in [9.17, 15) is 14.4 Å². The summed E-state index contributed by atoms with van der Waals surface area (Å²) >= 11 is 11.7. The fraction of sp³-hybridized carbons (Fsp3) is 0.0625. The highest BCUT2D eigenvalue weighted by Crippen LogP contribution is 2.25. The van der Waals surface area contributed by atoms with Gasteiger partial charge in [0.2, 0.25) is 0 Å². The zero-order chi connectivity index (χ0) is 17.7. The molecule has 6 nitrogen and oxygen atoms in total. The van der Waals surface area contributed by atoms with Crippen LogP contribution in [0.25, 0.3) is 0 Å². The SMILES string of the molecule is COC(=O)c1cccc(NC(=O)C(=O)Nc2cc(Cl)ccc2Cl)c1. The van der Waals surface area contributed by atoms with Gasteiger partial charge in [0.15, 0.2) is 0 Å². The number of ether oxygens (including phenoxy) is 1. The number of benzene rings is 2. The van der Waals surface area contributed by atoms with Crippen molar-refractivity contribution in [1.82, 2.24) is 0 Å². The summed E-state index contributed by atoms with van der Waals surface area (Å²) in [5.41, 5.74) is 0.733. The number of carbonyl (C=O) groups is 3. The van der Waals surface area contributed by atoms with Gasteiger partial charge in [-0.25, -0.2) is 4.79 Å². The van der Waals surface area contributed by atoms with Gasteiger partial charge in [0.25, 0.3) is 0 Å². The molecule has 0 heterocycles. The largest absolute Gasteiger partial charge is 0.465 e. The number of hydrogen-bond donors (Lipinski definition) is 2. The molecular formula is C16H12Cl2N2O4. The minimum absolute atomic E-state index is 0.215. The third-order valence-electron chi connectivity index (χ3n) is 2.92. The number of hydrogen-bond acceptors (Lipinski definition) is 4. The van der Waals surface area contributed by atoms with Crippen molar-refractivity contribution in [3.63, 3.8) is 0 Å². The second-order valence-electron chi connectivity index (χ2n) is 4.60. The van der Waals surface area contributed by atoms with Crippen LogP contribution in [0, 0.1) is 0 Å². The molecule has 124 valence electrons. The molecule has 0 aliphatic rings. The maximum atomic E-state index is 11.9. The van der Waals surface area contributed by atoms with Gasteiger partial charge in [-0.1, -0.05) is 29.3 Å². The number of amides is 2. The number of anilines is 2. The van der Waals surface area contributed by atoms with Gasteiger partial charge in [0.1, 0.15) is 0 Å². The van der Waals surface area contributed by atoms with Crippen molar-refractivity contribution in [2.75, 3.05) is 17.7 Å². The van der Waals surface area contributed by atoms with E-state index in [0.29, 0.717) is 5.02 Å². The van der Waals surface area contributed by atoms with Gasteiger partial charge in [-0.3, -0.25) is 9.59 Å². The van der Waals surface area contributed by atoms with Crippen molar-refractivity contribution in [3.8, 4) is 0 Å². The molecule has 2 aromatic carbocycles. The monoisotopic (exact) mass is 366 g/mol. The maximum absolute atomic E-state index is 11.9. The van der Waals surface area contributed by atoms with E-state index in [1.54, 1.807) is 12.1 Å². The Balaban J connectivity index is 2.08. The Hall–Kier alpha value is -2.57. The molecule has 2 rings (SSSR count). The first-order chi connectivity index (χ1) is 11.4. The molecule has 2 N–H and O–H groups in total. The standard InChI is InChI=1S/C16H12Cl2N2O4/c1-24-16(23)9-3-2-4-11(7-9)19-14(21)15(22)20-13-8-10(17)5-6-12(13)18/h2-8H,1H3,(H,19,21)(H,20,22). The average Bonchev–Trinajstić information content (AvgIpc) is 2.57. The molecule has 0 bridgehead atoms. The first-order valence-electron chi connectivity index (χ1n) is 6.66. The molecule has 0 atom stereocenters. The summed E-state index contributed by atoms with van der Waals surface area (Å²) in [5, 5.41) is 5.35. The molecule has 0 aliphatic carbocycles. The molecule has 24 heavy (non-hydrogen) atoms. The quantitative estimate of drug-likeness (QED) is 0.644. The summed E-state index contributed by atoms with van der Waals surface area (Å²) < 4.78 is 4.59. The van der Waals surface area contributed by atoms with Crippen molar-refractivity contribution < 1.29 is 19.1 Å². The molecule has 0 radical (unpaired) electrons. The van der Waals surface area contributed by atoms with Crippen molar-refractivity contribution in [1.29, 1.82) is 0 Å². The number of carbonyl (C=O) groups excluding carboxylic acids is 3. The number of esters is 1. The number of methoxy groups -OCH3 is 1.